The molecule has 5 aliphatic rings. The molecule has 0 aromatic heterocycles. The highest BCUT2D eigenvalue weighted by atomic mass is 35.5. The number of piperazine rings is 1. The van der Waals surface area contributed by atoms with E-state index in [1.165, 1.54) is 4.90 Å². The predicted molar refractivity (Wildman–Crippen MR) is 173 cm³/mol. The van der Waals surface area contributed by atoms with Crippen molar-refractivity contribution in [2.24, 2.45) is 0 Å². The largest absolute Gasteiger partial charge is 0.478 e. The number of morpholine rings is 1. The molecule has 4 aliphatic heterocycles. The first-order valence-electron chi connectivity index (χ1n) is 15.7. The fourth-order valence-corrected chi connectivity index (χ4v) is 8.20. The van der Waals surface area contributed by atoms with Crippen LogP contribution < -0.4 is 19.9 Å². The van der Waals surface area contributed by atoms with Crippen LogP contribution >= 0.6 is 23.2 Å². The minimum absolute atomic E-state index is 0.0371. The molecule has 2 bridgehead atoms. The lowest BCUT2D eigenvalue weighted by molar-refractivity contribution is 0.0516. The summed E-state index contributed by atoms with van der Waals surface area (Å²) in [6.07, 6.45) is 4.07. The highest BCUT2D eigenvalue weighted by Gasteiger charge is 2.46. The Morgan fingerprint density at radius 3 is 2.46 bits per heavy atom. The number of rotatable bonds is 5. The van der Waals surface area contributed by atoms with Crippen molar-refractivity contribution in [1.29, 1.82) is 0 Å². The summed E-state index contributed by atoms with van der Waals surface area (Å²) < 4.78 is 27.5. The minimum atomic E-state index is -1.18. The Kier molecular flexibility index (Phi) is 7.32. The van der Waals surface area contributed by atoms with Gasteiger partial charge in [0.1, 0.15) is 11.6 Å². The Hall–Kier alpha value is -3.57. The van der Waals surface area contributed by atoms with Crippen LogP contribution in [0.1, 0.15) is 52.0 Å². The van der Waals surface area contributed by atoms with Crippen LogP contribution in [0.15, 0.2) is 42.5 Å². The van der Waals surface area contributed by atoms with E-state index >= 15 is 4.39 Å². The number of carbonyl (C=O) groups is 2. The molecule has 4 fully saturated rings. The van der Waals surface area contributed by atoms with Gasteiger partial charge in [-0.3, -0.25) is 4.79 Å². The van der Waals surface area contributed by atoms with Crippen molar-refractivity contribution in [2.45, 2.75) is 49.9 Å². The van der Waals surface area contributed by atoms with Crippen LogP contribution in [0.4, 0.5) is 15.8 Å². The van der Waals surface area contributed by atoms with Crippen molar-refractivity contribution < 1.29 is 28.6 Å². The third-order valence-electron chi connectivity index (χ3n) is 10.1. The van der Waals surface area contributed by atoms with E-state index in [0.717, 1.165) is 57.1 Å². The van der Waals surface area contributed by atoms with Crippen molar-refractivity contribution in [2.75, 3.05) is 49.4 Å². The van der Waals surface area contributed by atoms with Gasteiger partial charge in [0.25, 0.3) is 5.91 Å². The number of carbonyl (C=O) groups excluding carboxylic acids is 1. The first-order valence-corrected chi connectivity index (χ1v) is 16.4. The second kappa shape index (κ2) is 11.3. The van der Waals surface area contributed by atoms with Gasteiger partial charge in [-0.25, -0.2) is 9.18 Å². The fraction of sp³-hybridized carbons (Fsp3) is 0.412. The maximum Gasteiger partial charge on any atom is 0.337 e. The zero-order valence-corrected chi connectivity index (χ0v) is 26.5. The summed E-state index contributed by atoms with van der Waals surface area (Å²) in [5.74, 6) is -1.76. The number of halogens is 3. The maximum absolute atomic E-state index is 15.7. The molecular formula is C34H33Cl2FN4O5. The summed E-state index contributed by atoms with van der Waals surface area (Å²) in [4.78, 5) is 31.8. The number of hydrogen-bond acceptors (Lipinski definition) is 7. The molecule has 46 heavy (non-hydrogen) atoms. The molecule has 4 heterocycles. The third kappa shape index (κ3) is 5.06. The van der Waals surface area contributed by atoms with Crippen LogP contribution in [0.3, 0.4) is 0 Å². The number of amides is 1. The molecule has 1 aliphatic carbocycles. The topological polar surface area (TPSA) is 94.6 Å². The summed E-state index contributed by atoms with van der Waals surface area (Å²) in [6.45, 7) is 3.70. The normalized spacial score (nSPS) is 22.9. The first kappa shape index (κ1) is 29.8. The number of anilines is 2. The Morgan fingerprint density at radius 1 is 1.02 bits per heavy atom. The van der Waals surface area contributed by atoms with Gasteiger partial charge >= 0.3 is 5.97 Å². The second-order valence-electron chi connectivity index (χ2n) is 13.0. The molecule has 0 radical (unpaired) electrons. The summed E-state index contributed by atoms with van der Waals surface area (Å²) in [5.41, 5.74) is 3.10. The standard InChI is InChI=1S/C34H33Cl2FN4O5/c35-26-10-22(39-9-8-38-34(17-39)6-7-34)11-27(36)30(26)32(42)40-14-19-2-1-3-23(31(19)46-18-40)24-13-29(25(33(43)44)12-28(24)37)41-20-4-5-21(41)16-45-15-20/h1-3,10-13,20-21,38H,4-9,14-18H2,(H,43,44). The molecule has 1 amide bonds. The van der Waals surface area contributed by atoms with E-state index < -0.39 is 11.8 Å². The highest BCUT2D eigenvalue weighted by molar-refractivity contribution is 6.40. The number of ether oxygens (including phenoxy) is 2. The quantitative estimate of drug-likeness (QED) is 0.353. The van der Waals surface area contributed by atoms with Crippen LogP contribution in [-0.2, 0) is 11.3 Å². The van der Waals surface area contributed by atoms with E-state index in [1.807, 2.05) is 6.07 Å². The van der Waals surface area contributed by atoms with E-state index in [1.54, 1.807) is 30.3 Å². The van der Waals surface area contributed by atoms with Crippen LogP contribution in [-0.4, -0.2) is 79.1 Å². The minimum Gasteiger partial charge on any atom is -0.478 e. The molecule has 1 spiro atoms. The first-order chi connectivity index (χ1) is 22.2. The van der Waals surface area contributed by atoms with Crippen molar-refractivity contribution in [3.05, 3.63) is 75.0 Å². The van der Waals surface area contributed by atoms with Gasteiger partial charge in [-0.1, -0.05) is 41.4 Å². The summed E-state index contributed by atoms with van der Waals surface area (Å²) in [7, 11) is 0. The number of aromatic carboxylic acids is 1. The SMILES string of the molecule is O=C(O)c1cc(F)c(-c2cccc3c2OCN(C(=O)c2c(Cl)cc(N4CCNC5(CC5)C4)cc2Cl)C3)cc1N1C2CCC1COC2. The third-order valence-corrected chi connectivity index (χ3v) is 10.7. The lowest BCUT2D eigenvalue weighted by Gasteiger charge is -2.37. The van der Waals surface area contributed by atoms with Crippen LogP contribution in [0.25, 0.3) is 11.1 Å². The molecule has 3 aromatic carbocycles. The van der Waals surface area contributed by atoms with Crippen molar-refractivity contribution in [1.82, 2.24) is 10.2 Å². The summed E-state index contributed by atoms with van der Waals surface area (Å²) in [5, 5.41) is 14.1. The average Bonchev–Trinajstić information content (AvgIpc) is 3.74. The zero-order valence-electron chi connectivity index (χ0n) is 25.0. The van der Waals surface area contributed by atoms with Gasteiger partial charge in [0, 0.05) is 47.6 Å². The number of nitrogens with one attached hydrogen (secondary N) is 1. The van der Waals surface area contributed by atoms with Gasteiger partial charge in [0.2, 0.25) is 0 Å². The van der Waals surface area contributed by atoms with Gasteiger partial charge in [-0.15, -0.1) is 0 Å². The van der Waals surface area contributed by atoms with Crippen molar-refractivity contribution >= 4 is 46.5 Å². The van der Waals surface area contributed by atoms with Gasteiger partial charge in [0.05, 0.1) is 58.7 Å². The molecule has 2 N–H and O–H groups in total. The van der Waals surface area contributed by atoms with E-state index in [-0.39, 0.29) is 63.5 Å². The van der Waals surface area contributed by atoms with Gasteiger partial charge < -0.3 is 34.6 Å². The summed E-state index contributed by atoms with van der Waals surface area (Å²) >= 11 is 13.4. The van der Waals surface area contributed by atoms with Gasteiger partial charge in [-0.05, 0) is 49.9 Å². The van der Waals surface area contributed by atoms with E-state index in [4.69, 9.17) is 32.7 Å². The van der Waals surface area contributed by atoms with E-state index in [2.05, 4.69) is 15.1 Å². The van der Waals surface area contributed by atoms with Gasteiger partial charge in [-0.2, -0.15) is 0 Å². The predicted octanol–water partition coefficient (Wildman–Crippen LogP) is 5.80. The Bertz CT molecular complexity index is 1730. The molecule has 2 atom stereocenters. The molecule has 1 saturated carbocycles. The Balaban J connectivity index is 1.08. The molecular weight excluding hydrogens is 634 g/mol. The Labute approximate surface area is 275 Å². The summed E-state index contributed by atoms with van der Waals surface area (Å²) in [6, 6.07) is 11.8. The molecule has 8 rings (SSSR count). The lowest BCUT2D eigenvalue weighted by Crippen LogP contribution is -2.52. The number of para-hydroxylation sites is 1. The van der Waals surface area contributed by atoms with Crippen molar-refractivity contribution in [3.63, 3.8) is 0 Å². The Morgan fingerprint density at radius 2 is 1.76 bits per heavy atom. The van der Waals surface area contributed by atoms with Crippen LogP contribution in [0, 0.1) is 5.82 Å². The number of nitrogens with zero attached hydrogens (tertiary/aromatic N) is 3. The maximum atomic E-state index is 15.7. The van der Waals surface area contributed by atoms with Gasteiger partial charge in [0.15, 0.2) is 6.73 Å². The average molecular weight is 668 g/mol. The zero-order chi connectivity index (χ0) is 31.7. The van der Waals surface area contributed by atoms with Crippen LogP contribution in [0.5, 0.6) is 5.75 Å². The molecule has 2 unspecified atom stereocenters. The smallest absolute Gasteiger partial charge is 0.337 e. The number of benzene rings is 3. The lowest BCUT2D eigenvalue weighted by atomic mass is 9.96. The number of fused-ring (bicyclic) bond motifs is 3. The number of carboxylic acid groups (broad SMARTS) is 1. The van der Waals surface area contributed by atoms with E-state index in [0.29, 0.717) is 35.8 Å². The second-order valence-corrected chi connectivity index (χ2v) is 13.8. The highest BCUT2D eigenvalue weighted by Crippen LogP contribution is 2.44. The molecule has 3 saturated heterocycles. The molecule has 240 valence electrons. The van der Waals surface area contributed by atoms with Crippen LogP contribution in [0.2, 0.25) is 10.0 Å². The molecule has 9 nitrogen and oxygen atoms in total. The number of hydrogen-bond donors (Lipinski definition) is 2. The monoisotopic (exact) mass is 666 g/mol. The fourth-order valence-electron chi connectivity index (χ4n) is 7.56. The number of carboxylic acids is 1. The molecule has 3 aromatic rings. The van der Waals surface area contributed by atoms with Crippen molar-refractivity contribution in [3.8, 4) is 16.9 Å². The van der Waals surface area contributed by atoms with E-state index in [9.17, 15) is 14.7 Å². The molecule has 12 heteroatoms.